The van der Waals surface area contributed by atoms with Crippen molar-refractivity contribution in [1.82, 2.24) is 15.3 Å². The Labute approximate surface area is 162 Å². The van der Waals surface area contributed by atoms with Crippen molar-refractivity contribution in [2.24, 2.45) is 5.10 Å². The molecule has 28 heavy (non-hydrogen) atoms. The number of aromatic nitrogens is 1. The van der Waals surface area contributed by atoms with Gasteiger partial charge < -0.3 is 15.0 Å². The van der Waals surface area contributed by atoms with Crippen LogP contribution in [0.3, 0.4) is 0 Å². The Morgan fingerprint density at radius 1 is 1.25 bits per heavy atom. The number of rotatable bonds is 5. The number of aromatic amines is 1. The van der Waals surface area contributed by atoms with E-state index in [2.05, 4.69) is 15.4 Å². The molecule has 1 atom stereocenters. The summed E-state index contributed by atoms with van der Waals surface area (Å²) in [5, 5.41) is 7.55. The van der Waals surface area contributed by atoms with Gasteiger partial charge in [0.25, 0.3) is 5.91 Å². The number of ether oxygens (including phenoxy) is 1. The number of hydrogen-bond donors (Lipinski definition) is 2. The van der Waals surface area contributed by atoms with Gasteiger partial charge in [-0.15, -0.1) is 5.01 Å². The van der Waals surface area contributed by atoms with Gasteiger partial charge in [0.15, 0.2) is 0 Å². The van der Waals surface area contributed by atoms with E-state index in [4.69, 9.17) is 4.74 Å². The van der Waals surface area contributed by atoms with Crippen molar-refractivity contribution in [2.45, 2.75) is 33.2 Å². The zero-order valence-corrected chi connectivity index (χ0v) is 16.2. The maximum absolute atomic E-state index is 12.9. The molecule has 8 nitrogen and oxygen atoms in total. The summed E-state index contributed by atoms with van der Waals surface area (Å²) in [5.41, 5.74) is 1.69. The molecule has 146 valence electrons. The minimum absolute atomic E-state index is 0.271. The van der Waals surface area contributed by atoms with Gasteiger partial charge in [0.2, 0.25) is 0 Å². The number of urea groups is 1. The zero-order valence-electron chi connectivity index (χ0n) is 16.2. The Kier molecular flexibility index (Phi) is 5.04. The van der Waals surface area contributed by atoms with Crippen LogP contribution >= 0.6 is 0 Å². The molecule has 0 unspecified atom stereocenters. The number of amides is 3. The molecule has 2 heterocycles. The van der Waals surface area contributed by atoms with Gasteiger partial charge in [-0.2, -0.15) is 5.10 Å². The standard InChI is InChI=1S/C20H22N4O4/c1-5-28-17(25)16-12(2)15(22-13(16)3)11-21-24-18(26)20(4,23-19(24)27)14-9-7-6-8-10-14/h6-11,22H,5H2,1-4H3,(H,23,27)/b21-11+/t20-/m1/s1. The van der Waals surface area contributed by atoms with Crippen LogP contribution in [0.1, 0.15) is 46.7 Å². The third-order valence-electron chi connectivity index (χ3n) is 4.78. The average molecular weight is 382 g/mol. The van der Waals surface area contributed by atoms with E-state index < -0.39 is 23.4 Å². The van der Waals surface area contributed by atoms with Crippen LogP contribution in [-0.4, -0.2) is 40.7 Å². The number of imide groups is 1. The van der Waals surface area contributed by atoms with Gasteiger partial charge in [-0.3, -0.25) is 4.79 Å². The van der Waals surface area contributed by atoms with Crippen molar-refractivity contribution in [3.05, 3.63) is 58.4 Å². The molecule has 1 aromatic carbocycles. The molecule has 0 aliphatic carbocycles. The molecule has 1 saturated heterocycles. The van der Waals surface area contributed by atoms with Crippen molar-refractivity contribution in [2.75, 3.05) is 6.61 Å². The molecule has 3 rings (SSSR count). The lowest BCUT2D eigenvalue weighted by Crippen LogP contribution is -2.40. The molecular formula is C20H22N4O4. The largest absolute Gasteiger partial charge is 0.462 e. The number of carbonyl (C=O) groups is 3. The van der Waals surface area contributed by atoms with Gasteiger partial charge in [0.1, 0.15) is 5.54 Å². The number of aryl methyl sites for hydroxylation is 1. The van der Waals surface area contributed by atoms with E-state index in [1.807, 2.05) is 6.07 Å². The van der Waals surface area contributed by atoms with Gasteiger partial charge in [-0.1, -0.05) is 30.3 Å². The average Bonchev–Trinajstić information content (AvgIpc) is 3.07. The fourth-order valence-corrected chi connectivity index (χ4v) is 3.22. The molecule has 0 radical (unpaired) electrons. The zero-order chi connectivity index (χ0) is 20.5. The monoisotopic (exact) mass is 382 g/mol. The second kappa shape index (κ2) is 7.30. The number of nitrogens with one attached hydrogen (secondary N) is 2. The summed E-state index contributed by atoms with van der Waals surface area (Å²) in [7, 11) is 0. The number of hydrazone groups is 1. The number of hydrogen-bond acceptors (Lipinski definition) is 5. The molecule has 3 amide bonds. The van der Waals surface area contributed by atoms with Crippen LogP contribution in [0.5, 0.6) is 0 Å². The number of H-pyrrole nitrogens is 1. The Morgan fingerprint density at radius 3 is 2.57 bits per heavy atom. The van der Waals surface area contributed by atoms with Crippen LogP contribution in [0.25, 0.3) is 0 Å². The van der Waals surface area contributed by atoms with Crippen molar-refractivity contribution in [1.29, 1.82) is 0 Å². The summed E-state index contributed by atoms with van der Waals surface area (Å²) in [4.78, 5) is 40.3. The minimum atomic E-state index is -1.19. The van der Waals surface area contributed by atoms with E-state index in [-0.39, 0.29) is 6.61 Å². The number of benzene rings is 1. The minimum Gasteiger partial charge on any atom is -0.462 e. The summed E-state index contributed by atoms with van der Waals surface area (Å²) in [6.07, 6.45) is 1.36. The summed E-state index contributed by atoms with van der Waals surface area (Å²) >= 11 is 0. The van der Waals surface area contributed by atoms with Gasteiger partial charge in [-0.05, 0) is 38.8 Å². The highest BCUT2D eigenvalue weighted by molar-refractivity contribution is 6.07. The number of carbonyl (C=O) groups excluding carboxylic acids is 3. The van der Waals surface area contributed by atoms with E-state index in [1.54, 1.807) is 52.0 Å². The molecule has 2 aromatic rings. The molecule has 1 aromatic heterocycles. The van der Waals surface area contributed by atoms with Crippen LogP contribution in [0.15, 0.2) is 35.4 Å². The van der Waals surface area contributed by atoms with Crippen LogP contribution < -0.4 is 5.32 Å². The smallest absolute Gasteiger partial charge is 0.346 e. The first-order chi connectivity index (χ1) is 13.3. The third kappa shape index (κ3) is 3.17. The molecule has 1 aliphatic rings. The van der Waals surface area contributed by atoms with E-state index in [0.29, 0.717) is 28.1 Å². The van der Waals surface area contributed by atoms with E-state index in [9.17, 15) is 14.4 Å². The molecule has 0 saturated carbocycles. The normalized spacial score (nSPS) is 19.4. The SMILES string of the molecule is CCOC(=O)c1c(C)[nH]c(/C=N/N2C(=O)N[C@](C)(c3ccccc3)C2=O)c1C. The van der Waals surface area contributed by atoms with Crippen LogP contribution in [0.4, 0.5) is 4.79 Å². The van der Waals surface area contributed by atoms with Crippen LogP contribution in [-0.2, 0) is 15.1 Å². The Morgan fingerprint density at radius 2 is 1.93 bits per heavy atom. The molecule has 0 bridgehead atoms. The molecular weight excluding hydrogens is 360 g/mol. The summed E-state index contributed by atoms with van der Waals surface area (Å²) in [5.74, 6) is -0.911. The van der Waals surface area contributed by atoms with Crippen LogP contribution in [0, 0.1) is 13.8 Å². The predicted molar refractivity (Wildman–Crippen MR) is 103 cm³/mol. The molecule has 1 aliphatic heterocycles. The van der Waals surface area contributed by atoms with E-state index in [1.165, 1.54) is 6.21 Å². The lowest BCUT2D eigenvalue weighted by molar-refractivity contribution is -0.131. The highest BCUT2D eigenvalue weighted by Gasteiger charge is 2.49. The van der Waals surface area contributed by atoms with Gasteiger partial charge >= 0.3 is 12.0 Å². The number of nitrogens with zero attached hydrogens (tertiary/aromatic N) is 2. The summed E-state index contributed by atoms with van der Waals surface area (Å²) < 4.78 is 5.06. The third-order valence-corrected chi connectivity index (χ3v) is 4.78. The highest BCUT2D eigenvalue weighted by Crippen LogP contribution is 2.28. The first kappa shape index (κ1) is 19.3. The van der Waals surface area contributed by atoms with E-state index >= 15 is 0 Å². The molecule has 8 heteroatoms. The maximum Gasteiger partial charge on any atom is 0.346 e. The molecule has 0 spiro atoms. The maximum atomic E-state index is 12.9. The summed E-state index contributed by atoms with van der Waals surface area (Å²) in [6.45, 7) is 7.14. The van der Waals surface area contributed by atoms with E-state index in [0.717, 1.165) is 5.01 Å². The fourth-order valence-electron chi connectivity index (χ4n) is 3.22. The van der Waals surface area contributed by atoms with Gasteiger partial charge in [-0.25, -0.2) is 9.59 Å². The predicted octanol–water partition coefficient (Wildman–Crippen LogP) is 2.61. The summed E-state index contributed by atoms with van der Waals surface area (Å²) in [6, 6.07) is 8.37. The highest BCUT2D eigenvalue weighted by atomic mass is 16.5. The first-order valence-electron chi connectivity index (χ1n) is 8.92. The lowest BCUT2D eigenvalue weighted by atomic mass is 9.92. The van der Waals surface area contributed by atoms with Gasteiger partial charge in [0, 0.05) is 5.69 Å². The fraction of sp³-hybridized carbons (Fsp3) is 0.300. The molecule has 1 fully saturated rings. The Hall–Kier alpha value is -3.42. The Bertz CT molecular complexity index is 964. The van der Waals surface area contributed by atoms with Crippen molar-refractivity contribution in [3.63, 3.8) is 0 Å². The molecule has 2 N–H and O–H groups in total. The Balaban J connectivity index is 1.87. The number of esters is 1. The van der Waals surface area contributed by atoms with Crippen molar-refractivity contribution >= 4 is 24.1 Å². The van der Waals surface area contributed by atoms with Crippen molar-refractivity contribution in [3.8, 4) is 0 Å². The van der Waals surface area contributed by atoms with Crippen LogP contribution in [0.2, 0.25) is 0 Å². The second-order valence-electron chi connectivity index (χ2n) is 6.67. The second-order valence-corrected chi connectivity index (χ2v) is 6.67. The topological polar surface area (TPSA) is 104 Å². The quantitative estimate of drug-likeness (QED) is 0.471. The first-order valence-corrected chi connectivity index (χ1v) is 8.92. The lowest BCUT2D eigenvalue weighted by Gasteiger charge is -2.20. The van der Waals surface area contributed by atoms with Crippen molar-refractivity contribution < 1.29 is 19.1 Å². The van der Waals surface area contributed by atoms with Gasteiger partial charge in [0.05, 0.1) is 24.1 Å².